The average Bonchev–Trinajstić information content (AvgIpc) is 2.72. The van der Waals surface area contributed by atoms with Crippen LogP contribution >= 0.6 is 0 Å². The summed E-state index contributed by atoms with van der Waals surface area (Å²) in [5, 5.41) is 19.7. The van der Waals surface area contributed by atoms with Gasteiger partial charge in [-0.15, -0.1) is 0 Å². The van der Waals surface area contributed by atoms with E-state index in [2.05, 4.69) is 0 Å². The minimum atomic E-state index is -3.16. The largest absolute Gasteiger partial charge is 0.396 e. The Morgan fingerprint density at radius 1 is 1.33 bits per heavy atom. The molecule has 0 aromatic heterocycles. The molecule has 0 radical (unpaired) electrons. The van der Waals surface area contributed by atoms with Crippen molar-refractivity contribution in [1.29, 1.82) is 0 Å². The van der Waals surface area contributed by atoms with Gasteiger partial charge in [-0.2, -0.15) is 0 Å². The molecule has 2 atom stereocenters. The van der Waals surface area contributed by atoms with Crippen LogP contribution in [0, 0.1) is 5.41 Å². The Hall–Kier alpha value is -0.170. The first-order chi connectivity index (χ1) is 6.93. The van der Waals surface area contributed by atoms with Crippen molar-refractivity contribution in [3.63, 3.8) is 0 Å². The number of sulfone groups is 1. The third kappa shape index (κ3) is 1.69. The van der Waals surface area contributed by atoms with Crippen LogP contribution in [-0.2, 0) is 14.6 Å². The van der Waals surface area contributed by atoms with Crippen molar-refractivity contribution in [3.05, 3.63) is 0 Å². The molecule has 2 rings (SSSR count). The number of hydrogen-bond acceptors (Lipinski definition) is 5. The summed E-state index contributed by atoms with van der Waals surface area (Å²) in [6.07, 6.45) is 0.731. The molecule has 2 unspecified atom stereocenters. The number of rotatable bonds is 2. The molecule has 2 heterocycles. The molecular weight excluding hydrogens is 220 g/mol. The smallest absolute Gasteiger partial charge is 0.153 e. The first-order valence-corrected chi connectivity index (χ1v) is 6.87. The molecule has 0 aromatic carbocycles. The van der Waals surface area contributed by atoms with Crippen LogP contribution in [0.4, 0.5) is 0 Å². The highest BCUT2D eigenvalue weighted by atomic mass is 32.2. The van der Waals surface area contributed by atoms with Crippen LogP contribution in [0.5, 0.6) is 0 Å². The van der Waals surface area contributed by atoms with E-state index in [1.165, 1.54) is 0 Å². The molecule has 2 saturated heterocycles. The first-order valence-electron chi connectivity index (χ1n) is 5.05. The predicted molar refractivity (Wildman–Crippen MR) is 53.2 cm³/mol. The summed E-state index contributed by atoms with van der Waals surface area (Å²) in [5.41, 5.74) is -2.09. The van der Waals surface area contributed by atoms with Gasteiger partial charge in [0.15, 0.2) is 9.84 Å². The Bertz CT molecular complexity index is 344. The van der Waals surface area contributed by atoms with Gasteiger partial charge in [-0.25, -0.2) is 8.42 Å². The molecule has 6 heteroatoms. The molecule has 0 bridgehead atoms. The molecule has 0 amide bonds. The topological polar surface area (TPSA) is 83.8 Å². The van der Waals surface area contributed by atoms with Crippen molar-refractivity contribution in [3.8, 4) is 0 Å². The SMILES string of the molecule is O=S1(=O)CCC(O)(C2(CO)CCOC2)C1. The summed E-state index contributed by atoms with van der Waals surface area (Å²) in [4.78, 5) is 0. The average molecular weight is 236 g/mol. The summed E-state index contributed by atoms with van der Waals surface area (Å²) in [7, 11) is -3.16. The van der Waals surface area contributed by atoms with Crippen LogP contribution in [0.3, 0.4) is 0 Å². The van der Waals surface area contributed by atoms with Crippen LogP contribution in [0.1, 0.15) is 12.8 Å². The Balaban J connectivity index is 2.29. The fourth-order valence-corrected chi connectivity index (χ4v) is 4.47. The minimum absolute atomic E-state index is 0.00521. The van der Waals surface area contributed by atoms with Gasteiger partial charge in [0.25, 0.3) is 0 Å². The first kappa shape index (κ1) is 11.3. The van der Waals surface area contributed by atoms with E-state index >= 15 is 0 Å². The molecule has 2 aliphatic rings. The van der Waals surface area contributed by atoms with E-state index < -0.39 is 20.9 Å². The van der Waals surface area contributed by atoms with Gasteiger partial charge in [-0.1, -0.05) is 0 Å². The lowest BCUT2D eigenvalue weighted by Crippen LogP contribution is -2.52. The molecule has 5 nitrogen and oxygen atoms in total. The second-order valence-electron chi connectivity index (χ2n) is 4.61. The molecule has 15 heavy (non-hydrogen) atoms. The van der Waals surface area contributed by atoms with Gasteiger partial charge in [0.05, 0.1) is 30.3 Å². The normalized spacial score (nSPS) is 44.7. The molecule has 0 saturated carbocycles. The molecular formula is C9H16O5S. The number of ether oxygens (including phenoxy) is 1. The van der Waals surface area contributed by atoms with E-state index in [0.29, 0.717) is 13.0 Å². The fourth-order valence-electron chi connectivity index (χ4n) is 2.50. The van der Waals surface area contributed by atoms with Gasteiger partial charge in [-0.3, -0.25) is 0 Å². The lowest BCUT2D eigenvalue weighted by molar-refractivity contribution is -0.0928. The molecule has 0 aliphatic carbocycles. The summed E-state index contributed by atoms with van der Waals surface area (Å²) < 4.78 is 27.9. The molecule has 2 N–H and O–H groups in total. The lowest BCUT2D eigenvalue weighted by atomic mass is 9.71. The van der Waals surface area contributed by atoms with Crippen molar-refractivity contribution >= 4 is 9.84 Å². The highest BCUT2D eigenvalue weighted by Gasteiger charge is 2.57. The summed E-state index contributed by atoms with van der Waals surface area (Å²) in [6, 6.07) is 0. The standard InChI is InChI=1S/C9H16O5S/c10-5-8(1-3-14-6-8)9(11)2-4-15(12,13)7-9/h10-11H,1-7H2. The van der Waals surface area contributed by atoms with Gasteiger partial charge in [0.1, 0.15) is 0 Å². The quantitative estimate of drug-likeness (QED) is 0.638. The van der Waals surface area contributed by atoms with E-state index in [9.17, 15) is 18.6 Å². The van der Waals surface area contributed by atoms with Crippen LogP contribution in [-0.4, -0.2) is 55.6 Å². The van der Waals surface area contributed by atoms with Crippen LogP contribution in [0.25, 0.3) is 0 Å². The van der Waals surface area contributed by atoms with Crippen LogP contribution in [0.15, 0.2) is 0 Å². The Labute approximate surface area is 89.0 Å². The van der Waals surface area contributed by atoms with Gasteiger partial charge in [-0.05, 0) is 12.8 Å². The van der Waals surface area contributed by atoms with Crippen molar-refractivity contribution in [2.45, 2.75) is 18.4 Å². The molecule has 2 aliphatic heterocycles. The van der Waals surface area contributed by atoms with Gasteiger partial charge < -0.3 is 14.9 Å². The van der Waals surface area contributed by atoms with Crippen molar-refractivity contribution < 1.29 is 23.4 Å². The number of aliphatic hydroxyl groups is 2. The van der Waals surface area contributed by atoms with Gasteiger partial charge in [0.2, 0.25) is 0 Å². The molecule has 88 valence electrons. The predicted octanol–water partition coefficient (Wildman–Crippen LogP) is -1.06. The Kier molecular flexibility index (Phi) is 2.57. The van der Waals surface area contributed by atoms with E-state index in [-0.39, 0.29) is 31.1 Å². The second-order valence-corrected chi connectivity index (χ2v) is 6.80. The van der Waals surface area contributed by atoms with Crippen molar-refractivity contribution in [2.24, 2.45) is 5.41 Å². The van der Waals surface area contributed by atoms with Crippen molar-refractivity contribution in [2.75, 3.05) is 31.3 Å². The summed E-state index contributed by atoms with van der Waals surface area (Å²) >= 11 is 0. The molecule has 0 aromatic rings. The summed E-state index contributed by atoms with van der Waals surface area (Å²) in [6.45, 7) is 0.497. The number of hydrogen-bond donors (Lipinski definition) is 2. The van der Waals surface area contributed by atoms with Gasteiger partial charge >= 0.3 is 0 Å². The second kappa shape index (κ2) is 3.41. The summed E-state index contributed by atoms with van der Waals surface area (Å²) in [5.74, 6) is -0.241. The van der Waals surface area contributed by atoms with E-state index in [1.54, 1.807) is 0 Å². The number of aliphatic hydroxyl groups excluding tert-OH is 1. The Morgan fingerprint density at radius 2 is 2.07 bits per heavy atom. The fraction of sp³-hybridized carbons (Fsp3) is 1.00. The van der Waals surface area contributed by atoms with E-state index in [0.717, 1.165) is 0 Å². The minimum Gasteiger partial charge on any atom is -0.396 e. The molecule has 0 spiro atoms. The third-order valence-corrected chi connectivity index (χ3v) is 5.42. The monoisotopic (exact) mass is 236 g/mol. The maximum Gasteiger partial charge on any atom is 0.153 e. The zero-order chi connectivity index (χ0) is 11.2. The Morgan fingerprint density at radius 3 is 2.47 bits per heavy atom. The third-order valence-electron chi connectivity index (χ3n) is 3.68. The molecule has 2 fully saturated rings. The highest BCUT2D eigenvalue weighted by Crippen LogP contribution is 2.45. The lowest BCUT2D eigenvalue weighted by Gasteiger charge is -2.39. The van der Waals surface area contributed by atoms with Crippen LogP contribution < -0.4 is 0 Å². The maximum atomic E-state index is 11.4. The van der Waals surface area contributed by atoms with Crippen LogP contribution in [0.2, 0.25) is 0 Å². The highest BCUT2D eigenvalue weighted by molar-refractivity contribution is 7.91. The maximum absolute atomic E-state index is 11.4. The zero-order valence-electron chi connectivity index (χ0n) is 8.48. The van der Waals surface area contributed by atoms with E-state index in [4.69, 9.17) is 4.74 Å². The zero-order valence-corrected chi connectivity index (χ0v) is 9.29. The van der Waals surface area contributed by atoms with E-state index in [1.807, 2.05) is 0 Å². The van der Waals surface area contributed by atoms with Crippen molar-refractivity contribution in [1.82, 2.24) is 0 Å². The van der Waals surface area contributed by atoms with Gasteiger partial charge in [0, 0.05) is 12.0 Å².